The molecule has 1 radical (unpaired) electrons. The fourth-order valence-electron chi connectivity index (χ4n) is 1.81. The lowest BCUT2D eigenvalue weighted by molar-refractivity contribution is 0.0472. The Hall–Kier alpha value is -2.14. The Bertz CT molecular complexity index is 611. The summed E-state index contributed by atoms with van der Waals surface area (Å²) in [6, 6.07) is 5.49. The Balaban J connectivity index is 1.83. The van der Waals surface area contributed by atoms with Crippen molar-refractivity contribution in [2.75, 3.05) is 6.61 Å². The third-order valence-electron chi connectivity index (χ3n) is 2.76. The summed E-state index contributed by atoms with van der Waals surface area (Å²) in [5.74, 6) is 0.598. The van der Waals surface area contributed by atoms with Gasteiger partial charge in [0.2, 0.25) is 0 Å². The summed E-state index contributed by atoms with van der Waals surface area (Å²) in [5, 5.41) is 4.11. The molecule has 5 nitrogen and oxygen atoms in total. The van der Waals surface area contributed by atoms with E-state index in [9.17, 15) is 0 Å². The van der Waals surface area contributed by atoms with Crippen molar-refractivity contribution in [3.05, 3.63) is 41.8 Å². The quantitative estimate of drug-likeness (QED) is 0.868. The number of nitrogens with zero attached hydrogens (tertiary/aromatic N) is 3. The summed E-state index contributed by atoms with van der Waals surface area (Å²) in [6.45, 7) is 0.367. The molecule has 1 aliphatic rings. The van der Waals surface area contributed by atoms with Gasteiger partial charge >= 0.3 is 0 Å². The molecule has 1 atom stereocenters. The molecule has 0 aromatic carbocycles. The predicted molar refractivity (Wildman–Crippen MR) is 74.9 cm³/mol. The zero-order valence-electron chi connectivity index (χ0n) is 10.5. The van der Waals surface area contributed by atoms with Gasteiger partial charge in [0.15, 0.2) is 6.10 Å². The molecular weight excluding hydrogens is 278 g/mol. The van der Waals surface area contributed by atoms with Gasteiger partial charge < -0.3 is 9.57 Å². The molecule has 0 N–H and O–H groups in total. The molecule has 0 bridgehead atoms. The topological polar surface area (TPSA) is 56.6 Å². The van der Waals surface area contributed by atoms with Crippen molar-refractivity contribution in [2.45, 2.75) is 12.5 Å². The molecule has 0 aliphatic carbocycles. The summed E-state index contributed by atoms with van der Waals surface area (Å²) >= 11 is 5.98. The molecule has 0 fully saturated rings. The van der Waals surface area contributed by atoms with E-state index in [1.807, 2.05) is 12.1 Å². The summed E-state index contributed by atoms with van der Waals surface area (Å²) in [5.41, 5.74) is 1.57. The van der Waals surface area contributed by atoms with Crippen molar-refractivity contribution < 1.29 is 9.57 Å². The van der Waals surface area contributed by atoms with Crippen LogP contribution in [0, 0.1) is 0 Å². The largest absolute Gasteiger partial charge is 0.487 e. The molecule has 0 amide bonds. The minimum absolute atomic E-state index is 0.115. The Morgan fingerprint density at radius 1 is 1.45 bits per heavy atom. The van der Waals surface area contributed by atoms with Gasteiger partial charge in [-0.1, -0.05) is 16.8 Å². The van der Waals surface area contributed by atoms with Crippen molar-refractivity contribution in [3.8, 4) is 17.0 Å². The number of pyridine rings is 2. The van der Waals surface area contributed by atoms with Crippen LogP contribution in [0.2, 0.25) is 5.02 Å². The molecule has 1 aliphatic heterocycles. The molecule has 2 aromatic heterocycles. The number of aromatic nitrogens is 2. The normalized spacial score (nSPS) is 16.9. The van der Waals surface area contributed by atoms with E-state index < -0.39 is 0 Å². The first-order valence-electron chi connectivity index (χ1n) is 6.10. The second-order valence-electron chi connectivity index (χ2n) is 4.23. The summed E-state index contributed by atoms with van der Waals surface area (Å²) in [6.07, 6.45) is 8.26. The molecule has 0 spiro atoms. The van der Waals surface area contributed by atoms with Crippen LogP contribution >= 0.6 is 11.6 Å². The molecular formula is C14H11ClN3O2. The fourth-order valence-corrected chi connectivity index (χ4v) is 1.96. The molecule has 1 unspecified atom stereocenters. The summed E-state index contributed by atoms with van der Waals surface area (Å²) in [4.78, 5) is 13.5. The molecule has 6 heteroatoms. The first-order chi connectivity index (χ1) is 9.83. The second kappa shape index (κ2) is 5.88. The highest BCUT2D eigenvalue weighted by atomic mass is 35.5. The third-order valence-corrected chi connectivity index (χ3v) is 2.97. The Morgan fingerprint density at radius 3 is 3.15 bits per heavy atom. The van der Waals surface area contributed by atoms with Crippen LogP contribution in [0.5, 0.6) is 5.75 Å². The highest BCUT2D eigenvalue weighted by molar-refractivity contribution is 6.30. The van der Waals surface area contributed by atoms with E-state index >= 15 is 0 Å². The van der Waals surface area contributed by atoms with Gasteiger partial charge in [-0.3, -0.25) is 9.97 Å². The van der Waals surface area contributed by atoms with Gasteiger partial charge in [0.05, 0.1) is 5.02 Å². The average molecular weight is 289 g/mol. The van der Waals surface area contributed by atoms with Crippen LogP contribution in [0.1, 0.15) is 6.42 Å². The van der Waals surface area contributed by atoms with Crippen LogP contribution in [0.3, 0.4) is 0 Å². The molecule has 3 rings (SSSR count). The monoisotopic (exact) mass is 288 g/mol. The fraction of sp³-hybridized carbons (Fsp3) is 0.214. The van der Waals surface area contributed by atoms with Crippen molar-refractivity contribution in [2.24, 2.45) is 5.16 Å². The van der Waals surface area contributed by atoms with Gasteiger partial charge in [0.1, 0.15) is 24.3 Å². The molecule has 0 saturated heterocycles. The van der Waals surface area contributed by atoms with Gasteiger partial charge in [0.25, 0.3) is 0 Å². The van der Waals surface area contributed by atoms with E-state index in [2.05, 4.69) is 21.3 Å². The van der Waals surface area contributed by atoms with Crippen molar-refractivity contribution in [1.82, 2.24) is 9.97 Å². The van der Waals surface area contributed by atoms with Gasteiger partial charge in [0, 0.05) is 36.6 Å². The minimum atomic E-state index is -0.115. The number of hydrogen-bond acceptors (Lipinski definition) is 5. The number of ether oxygens (including phenoxy) is 1. The smallest absolute Gasteiger partial charge is 0.167 e. The van der Waals surface area contributed by atoms with Crippen LogP contribution in [0.4, 0.5) is 0 Å². The molecule has 101 valence electrons. The zero-order valence-corrected chi connectivity index (χ0v) is 11.2. The van der Waals surface area contributed by atoms with E-state index in [-0.39, 0.29) is 6.10 Å². The van der Waals surface area contributed by atoms with Crippen LogP contribution in [-0.2, 0) is 4.84 Å². The van der Waals surface area contributed by atoms with E-state index in [1.165, 1.54) is 0 Å². The van der Waals surface area contributed by atoms with Crippen LogP contribution in [0.15, 0.2) is 41.9 Å². The molecule has 20 heavy (non-hydrogen) atoms. The van der Waals surface area contributed by atoms with Gasteiger partial charge in [-0.15, -0.1) is 0 Å². The Kier molecular flexibility index (Phi) is 3.78. The summed E-state index contributed by atoms with van der Waals surface area (Å²) < 4.78 is 5.76. The van der Waals surface area contributed by atoms with Crippen LogP contribution in [-0.4, -0.2) is 28.9 Å². The summed E-state index contributed by atoms with van der Waals surface area (Å²) in [7, 11) is 0. The second-order valence-corrected chi connectivity index (χ2v) is 4.67. The van der Waals surface area contributed by atoms with Crippen molar-refractivity contribution >= 4 is 17.8 Å². The lowest BCUT2D eigenvalue weighted by Gasteiger charge is -2.13. The SMILES string of the molecule is Clc1cnc(-c2cccnc2)c(OCC2C[C]=NO2)c1. The highest BCUT2D eigenvalue weighted by Crippen LogP contribution is 2.30. The van der Waals surface area contributed by atoms with Crippen LogP contribution in [0.25, 0.3) is 11.3 Å². The molecule has 2 aromatic rings. The van der Waals surface area contributed by atoms with Crippen LogP contribution < -0.4 is 4.74 Å². The lowest BCUT2D eigenvalue weighted by Crippen LogP contribution is -2.17. The van der Waals surface area contributed by atoms with E-state index in [0.717, 1.165) is 5.56 Å². The van der Waals surface area contributed by atoms with E-state index in [4.69, 9.17) is 21.2 Å². The van der Waals surface area contributed by atoms with E-state index in [0.29, 0.717) is 29.5 Å². The van der Waals surface area contributed by atoms with Gasteiger partial charge in [-0.25, -0.2) is 0 Å². The maximum atomic E-state index is 5.98. The predicted octanol–water partition coefficient (Wildman–Crippen LogP) is 2.83. The maximum Gasteiger partial charge on any atom is 0.167 e. The van der Waals surface area contributed by atoms with Gasteiger partial charge in [-0.2, -0.15) is 0 Å². The Labute approximate surface area is 121 Å². The van der Waals surface area contributed by atoms with Crippen molar-refractivity contribution in [3.63, 3.8) is 0 Å². The van der Waals surface area contributed by atoms with E-state index in [1.54, 1.807) is 24.7 Å². The number of rotatable bonds is 4. The number of halogens is 1. The zero-order chi connectivity index (χ0) is 13.8. The van der Waals surface area contributed by atoms with Crippen molar-refractivity contribution in [1.29, 1.82) is 0 Å². The first kappa shape index (κ1) is 12.9. The van der Waals surface area contributed by atoms with Gasteiger partial charge in [-0.05, 0) is 12.1 Å². The third kappa shape index (κ3) is 2.88. The highest BCUT2D eigenvalue weighted by Gasteiger charge is 2.17. The maximum absolute atomic E-state index is 5.98. The Morgan fingerprint density at radius 2 is 2.40 bits per heavy atom. The molecule has 3 heterocycles. The number of hydrogen-bond donors (Lipinski definition) is 0. The standard InChI is InChI=1S/C14H11ClN3O2/c15-11-6-13(19-9-12-3-5-18-20-12)14(17-8-11)10-2-1-4-16-7-10/h1-2,4,6-8,12H,3,9H2. The lowest BCUT2D eigenvalue weighted by atomic mass is 10.2. The minimum Gasteiger partial charge on any atom is -0.487 e. The average Bonchev–Trinajstić information content (AvgIpc) is 2.99. The first-order valence-corrected chi connectivity index (χ1v) is 6.48. The molecule has 0 saturated carbocycles.